The van der Waals surface area contributed by atoms with Crippen LogP contribution in [-0.4, -0.2) is 30.3 Å². The Hall–Kier alpha value is -4.05. The molecule has 7 heteroatoms. The molecule has 152 valence electrons. The van der Waals surface area contributed by atoms with E-state index in [0.29, 0.717) is 22.7 Å². The van der Waals surface area contributed by atoms with E-state index in [1.165, 1.54) is 25.9 Å². The lowest BCUT2D eigenvalue weighted by molar-refractivity contribution is -0.112. The van der Waals surface area contributed by atoms with Gasteiger partial charge in [0.05, 0.1) is 31.8 Å². The fraction of sp³-hybridized carbons (Fsp3) is 0.174. The molecule has 1 amide bonds. The third kappa shape index (κ3) is 4.50. The van der Waals surface area contributed by atoms with Crippen LogP contribution in [0.2, 0.25) is 0 Å². The summed E-state index contributed by atoms with van der Waals surface area (Å²) in [6.45, 7) is 2.09. The summed E-state index contributed by atoms with van der Waals surface area (Å²) >= 11 is 0. The Bertz CT molecular complexity index is 1110. The highest BCUT2D eigenvalue weighted by atomic mass is 16.5. The van der Waals surface area contributed by atoms with Gasteiger partial charge in [-0.1, -0.05) is 31.2 Å². The van der Waals surface area contributed by atoms with E-state index in [0.717, 1.165) is 17.7 Å². The first-order valence-electron chi connectivity index (χ1n) is 9.37. The minimum Gasteiger partial charge on any atom is -0.497 e. The molecule has 0 unspecified atom stereocenters. The number of anilines is 1. The Morgan fingerprint density at radius 3 is 2.60 bits per heavy atom. The van der Waals surface area contributed by atoms with Crippen molar-refractivity contribution in [2.75, 3.05) is 19.5 Å². The van der Waals surface area contributed by atoms with Crippen LogP contribution in [0.15, 0.2) is 54.2 Å². The average molecular weight is 402 g/mol. The summed E-state index contributed by atoms with van der Waals surface area (Å²) in [4.78, 5) is 12.7. The Balaban J connectivity index is 1.89. The van der Waals surface area contributed by atoms with Crippen LogP contribution < -0.4 is 14.8 Å². The zero-order valence-corrected chi connectivity index (χ0v) is 17.0. The van der Waals surface area contributed by atoms with Crippen molar-refractivity contribution >= 4 is 17.7 Å². The van der Waals surface area contributed by atoms with E-state index in [1.54, 1.807) is 24.4 Å². The number of aryl methyl sites for hydroxylation is 1. The fourth-order valence-corrected chi connectivity index (χ4v) is 2.95. The van der Waals surface area contributed by atoms with Crippen molar-refractivity contribution in [3.8, 4) is 28.8 Å². The maximum atomic E-state index is 12.7. The van der Waals surface area contributed by atoms with Gasteiger partial charge in [-0.2, -0.15) is 10.4 Å². The number of nitriles is 1. The molecule has 3 aromatic rings. The summed E-state index contributed by atoms with van der Waals surface area (Å²) in [7, 11) is 3.03. The van der Waals surface area contributed by atoms with E-state index >= 15 is 0 Å². The van der Waals surface area contributed by atoms with Crippen molar-refractivity contribution in [3.05, 3.63) is 65.4 Å². The van der Waals surface area contributed by atoms with Gasteiger partial charge in [0.1, 0.15) is 23.1 Å². The van der Waals surface area contributed by atoms with Crippen LogP contribution in [0.1, 0.15) is 18.1 Å². The Kier molecular flexibility index (Phi) is 6.50. The van der Waals surface area contributed by atoms with Crippen molar-refractivity contribution < 1.29 is 14.3 Å². The molecule has 0 atom stereocenters. The molecule has 0 aliphatic heterocycles. The monoisotopic (exact) mass is 402 g/mol. The largest absolute Gasteiger partial charge is 0.497 e. The molecular formula is C23H22N4O3. The third-order valence-corrected chi connectivity index (χ3v) is 4.64. The zero-order chi connectivity index (χ0) is 21.5. The molecule has 30 heavy (non-hydrogen) atoms. The van der Waals surface area contributed by atoms with Gasteiger partial charge in [-0.15, -0.1) is 0 Å². The van der Waals surface area contributed by atoms with Gasteiger partial charge >= 0.3 is 0 Å². The second-order valence-electron chi connectivity index (χ2n) is 6.44. The Morgan fingerprint density at radius 2 is 1.97 bits per heavy atom. The van der Waals surface area contributed by atoms with E-state index in [1.807, 2.05) is 30.3 Å². The minimum absolute atomic E-state index is 0.0623. The molecule has 0 bridgehead atoms. The molecule has 1 aromatic heterocycles. The van der Waals surface area contributed by atoms with E-state index < -0.39 is 5.91 Å². The topological polar surface area (TPSA) is 100 Å². The summed E-state index contributed by atoms with van der Waals surface area (Å²) < 4.78 is 10.5. The van der Waals surface area contributed by atoms with Gasteiger partial charge in [-0.25, -0.2) is 0 Å². The van der Waals surface area contributed by atoms with Crippen LogP contribution in [-0.2, 0) is 11.2 Å². The molecule has 0 radical (unpaired) electrons. The lowest BCUT2D eigenvalue weighted by Gasteiger charge is -2.11. The van der Waals surface area contributed by atoms with E-state index in [4.69, 9.17) is 9.47 Å². The summed E-state index contributed by atoms with van der Waals surface area (Å²) in [5.74, 6) is 0.459. The minimum atomic E-state index is -0.558. The summed E-state index contributed by atoms with van der Waals surface area (Å²) in [5, 5.41) is 19.3. The number of nitrogens with one attached hydrogen (secondary N) is 2. The first-order chi connectivity index (χ1) is 14.6. The molecule has 2 aromatic carbocycles. The number of aromatic amines is 1. The number of hydrogen-bond donors (Lipinski definition) is 2. The first-order valence-corrected chi connectivity index (χ1v) is 9.37. The van der Waals surface area contributed by atoms with E-state index in [2.05, 4.69) is 22.4 Å². The zero-order valence-electron chi connectivity index (χ0n) is 17.0. The van der Waals surface area contributed by atoms with E-state index in [-0.39, 0.29) is 5.57 Å². The summed E-state index contributed by atoms with van der Waals surface area (Å²) in [5.41, 5.74) is 3.86. The van der Waals surface area contributed by atoms with Crippen LogP contribution in [0.3, 0.4) is 0 Å². The molecular weight excluding hydrogens is 380 g/mol. The van der Waals surface area contributed by atoms with Crippen LogP contribution in [0.5, 0.6) is 11.5 Å². The van der Waals surface area contributed by atoms with Crippen molar-refractivity contribution in [1.29, 1.82) is 5.26 Å². The second kappa shape index (κ2) is 9.43. The number of H-pyrrole nitrogens is 1. The number of carbonyl (C=O) groups excluding carboxylic acids is 1. The second-order valence-corrected chi connectivity index (χ2v) is 6.44. The van der Waals surface area contributed by atoms with Gasteiger partial charge in [0, 0.05) is 17.2 Å². The number of amides is 1. The standard InChI is InChI=1S/C23H22N4O3/c1-4-15-5-7-16(8-6-15)22-18(14-25-27-22)11-17(13-24)23(28)26-20-12-19(29-2)9-10-21(20)30-3/h5-12,14H,4H2,1-3H3,(H,25,27)(H,26,28)/b17-11+. The predicted octanol–water partition coefficient (Wildman–Crippen LogP) is 4.20. The summed E-state index contributed by atoms with van der Waals surface area (Å²) in [6.07, 6.45) is 4.04. The van der Waals surface area contributed by atoms with Crippen LogP contribution in [0, 0.1) is 11.3 Å². The molecule has 0 spiro atoms. The third-order valence-electron chi connectivity index (χ3n) is 4.64. The van der Waals surface area contributed by atoms with Crippen LogP contribution >= 0.6 is 0 Å². The quantitative estimate of drug-likeness (QED) is 0.456. The number of rotatable bonds is 7. The van der Waals surface area contributed by atoms with Gasteiger partial charge in [0.2, 0.25) is 0 Å². The first kappa shape index (κ1) is 20.7. The molecule has 2 N–H and O–H groups in total. The number of aromatic nitrogens is 2. The van der Waals surface area contributed by atoms with Crippen LogP contribution in [0.25, 0.3) is 17.3 Å². The number of nitrogens with zero attached hydrogens (tertiary/aromatic N) is 2. The number of benzene rings is 2. The van der Waals surface area contributed by atoms with E-state index in [9.17, 15) is 10.1 Å². The van der Waals surface area contributed by atoms with Crippen LogP contribution in [0.4, 0.5) is 5.69 Å². The van der Waals surface area contributed by atoms with Crippen molar-refractivity contribution in [1.82, 2.24) is 10.2 Å². The van der Waals surface area contributed by atoms with Crippen molar-refractivity contribution in [2.45, 2.75) is 13.3 Å². The maximum absolute atomic E-state index is 12.7. The SMILES string of the molecule is CCc1ccc(-c2[nH]ncc2/C=C(\C#N)C(=O)Nc2cc(OC)ccc2OC)cc1. The Morgan fingerprint density at radius 1 is 1.20 bits per heavy atom. The molecule has 3 rings (SSSR count). The molecule has 0 fully saturated rings. The summed E-state index contributed by atoms with van der Waals surface area (Å²) in [6, 6.07) is 15.0. The smallest absolute Gasteiger partial charge is 0.266 e. The normalized spacial score (nSPS) is 10.9. The van der Waals surface area contributed by atoms with Gasteiger partial charge < -0.3 is 14.8 Å². The maximum Gasteiger partial charge on any atom is 0.266 e. The highest BCUT2D eigenvalue weighted by Gasteiger charge is 2.15. The predicted molar refractivity (Wildman–Crippen MR) is 115 cm³/mol. The highest BCUT2D eigenvalue weighted by molar-refractivity contribution is 6.10. The fourth-order valence-electron chi connectivity index (χ4n) is 2.95. The number of ether oxygens (including phenoxy) is 2. The van der Waals surface area contributed by atoms with Crippen molar-refractivity contribution in [2.24, 2.45) is 0 Å². The lowest BCUT2D eigenvalue weighted by Crippen LogP contribution is -2.14. The average Bonchev–Trinajstić information content (AvgIpc) is 3.25. The molecule has 0 aliphatic rings. The highest BCUT2D eigenvalue weighted by Crippen LogP contribution is 2.29. The number of methoxy groups -OCH3 is 2. The van der Waals surface area contributed by atoms with Crippen molar-refractivity contribution in [3.63, 3.8) is 0 Å². The molecule has 0 saturated heterocycles. The number of carbonyl (C=O) groups is 1. The molecule has 0 aliphatic carbocycles. The lowest BCUT2D eigenvalue weighted by atomic mass is 10.0. The Labute approximate surface area is 175 Å². The molecule has 7 nitrogen and oxygen atoms in total. The van der Waals surface area contributed by atoms with Gasteiger partial charge in [0.25, 0.3) is 5.91 Å². The molecule has 1 heterocycles. The van der Waals surface area contributed by atoms with Gasteiger partial charge in [-0.3, -0.25) is 9.89 Å². The van der Waals surface area contributed by atoms with Gasteiger partial charge in [-0.05, 0) is 30.2 Å². The molecule has 0 saturated carbocycles. The number of hydrogen-bond acceptors (Lipinski definition) is 5. The van der Waals surface area contributed by atoms with Gasteiger partial charge in [0.15, 0.2) is 0 Å².